The van der Waals surface area contributed by atoms with Gasteiger partial charge in [0.25, 0.3) is 0 Å². The molecule has 0 saturated carbocycles. The Morgan fingerprint density at radius 3 is 1.33 bits per heavy atom. The van der Waals surface area contributed by atoms with Crippen molar-refractivity contribution in [2.75, 3.05) is 0 Å². The Hall–Kier alpha value is -1.78. The molecule has 3 aromatic carbocycles. The molecule has 0 atom stereocenters. The predicted molar refractivity (Wildman–Crippen MR) is 96.2 cm³/mol. The standard InChI is InChI=1S/C20H16.Sb.3H/c1-4-10-17(11-5-1)16-20(18-12-6-2-7-13-18)19-14-8-3-9-15-19;;;;/h1-16H;;;;. The second-order valence-corrected chi connectivity index (χ2v) is 4.70. The van der Waals surface area contributed by atoms with Gasteiger partial charge in [0.15, 0.2) is 0 Å². The molecular formula is C20H19Sb. The molecule has 0 fully saturated rings. The Morgan fingerprint density at radius 2 is 0.905 bits per heavy atom. The summed E-state index contributed by atoms with van der Waals surface area (Å²) in [5.41, 5.74) is 4.94. The van der Waals surface area contributed by atoms with Crippen molar-refractivity contribution in [1.82, 2.24) is 0 Å². The number of hydrogen-bond acceptors (Lipinski definition) is 0. The Labute approximate surface area is 143 Å². The molecule has 0 heterocycles. The molecule has 0 N–H and O–H groups in total. The quantitative estimate of drug-likeness (QED) is 0.474. The van der Waals surface area contributed by atoms with E-state index in [0.717, 1.165) is 0 Å². The maximum atomic E-state index is 2.24. The van der Waals surface area contributed by atoms with Crippen molar-refractivity contribution in [2.45, 2.75) is 0 Å². The molecule has 0 aromatic heterocycles. The summed E-state index contributed by atoms with van der Waals surface area (Å²) in [6.07, 6.45) is 2.24. The van der Waals surface area contributed by atoms with Gasteiger partial charge in [-0.2, -0.15) is 0 Å². The van der Waals surface area contributed by atoms with Crippen LogP contribution in [0.15, 0.2) is 91.0 Å². The predicted octanol–water partition coefficient (Wildman–Crippen LogP) is 4.09. The number of benzene rings is 3. The van der Waals surface area contributed by atoms with Crippen LogP contribution in [0.25, 0.3) is 11.6 Å². The van der Waals surface area contributed by atoms with Gasteiger partial charge in [-0.25, -0.2) is 0 Å². The third-order valence-corrected chi connectivity index (χ3v) is 3.28. The third-order valence-electron chi connectivity index (χ3n) is 3.28. The molecule has 21 heavy (non-hydrogen) atoms. The van der Waals surface area contributed by atoms with Gasteiger partial charge in [-0.3, -0.25) is 0 Å². The van der Waals surface area contributed by atoms with E-state index in [1.807, 2.05) is 6.07 Å². The van der Waals surface area contributed by atoms with E-state index in [2.05, 4.69) is 91.0 Å². The normalized spacial score (nSPS) is 9.52. The first-order valence-electron chi connectivity index (χ1n) is 6.81. The molecule has 0 aliphatic rings. The van der Waals surface area contributed by atoms with E-state index >= 15 is 0 Å². The fraction of sp³-hybridized carbons (Fsp3) is 0. The van der Waals surface area contributed by atoms with E-state index in [0.29, 0.717) is 0 Å². The first kappa shape index (κ1) is 15.6. The number of hydrogen-bond donors (Lipinski definition) is 0. The summed E-state index contributed by atoms with van der Waals surface area (Å²) < 4.78 is 0. The fourth-order valence-electron chi connectivity index (χ4n) is 2.28. The van der Waals surface area contributed by atoms with Crippen LogP contribution in [0.4, 0.5) is 0 Å². The second kappa shape index (κ2) is 7.86. The van der Waals surface area contributed by atoms with Crippen molar-refractivity contribution in [1.29, 1.82) is 0 Å². The topological polar surface area (TPSA) is 0 Å². The van der Waals surface area contributed by atoms with Crippen LogP contribution < -0.4 is 0 Å². The van der Waals surface area contributed by atoms with Crippen molar-refractivity contribution >= 4 is 36.1 Å². The molecule has 1 heteroatoms. The summed E-state index contributed by atoms with van der Waals surface area (Å²) in [6.45, 7) is 0. The Balaban J connectivity index is 0.00000161. The van der Waals surface area contributed by atoms with Gasteiger partial charge < -0.3 is 0 Å². The van der Waals surface area contributed by atoms with Crippen molar-refractivity contribution < 1.29 is 0 Å². The molecule has 0 aliphatic heterocycles. The monoisotopic (exact) mass is 380 g/mol. The van der Waals surface area contributed by atoms with Crippen LogP contribution in [0, 0.1) is 0 Å². The van der Waals surface area contributed by atoms with Gasteiger partial charge >= 0.3 is 24.4 Å². The molecule has 104 valence electrons. The average molecular weight is 381 g/mol. The Kier molecular flexibility index (Phi) is 5.84. The van der Waals surface area contributed by atoms with Gasteiger partial charge in [0, 0.05) is 0 Å². The minimum absolute atomic E-state index is 0. The van der Waals surface area contributed by atoms with Crippen LogP contribution >= 0.6 is 0 Å². The van der Waals surface area contributed by atoms with Crippen LogP contribution in [0.3, 0.4) is 0 Å². The van der Waals surface area contributed by atoms with E-state index in [9.17, 15) is 0 Å². The van der Waals surface area contributed by atoms with Crippen LogP contribution in [0.5, 0.6) is 0 Å². The number of rotatable bonds is 3. The van der Waals surface area contributed by atoms with Crippen molar-refractivity contribution in [3.05, 3.63) is 108 Å². The molecule has 0 aliphatic carbocycles. The van der Waals surface area contributed by atoms with Gasteiger partial charge in [0.1, 0.15) is 0 Å². The van der Waals surface area contributed by atoms with Crippen molar-refractivity contribution in [3.63, 3.8) is 0 Å². The summed E-state index contributed by atoms with van der Waals surface area (Å²) in [7, 11) is 0. The zero-order valence-corrected chi connectivity index (χ0v) is 16.0. The van der Waals surface area contributed by atoms with E-state index in [1.54, 1.807) is 0 Å². The van der Waals surface area contributed by atoms with Crippen LogP contribution in [-0.4, -0.2) is 24.4 Å². The minimum atomic E-state index is 0. The van der Waals surface area contributed by atoms with Gasteiger partial charge in [0.05, 0.1) is 0 Å². The molecule has 0 radical (unpaired) electrons. The summed E-state index contributed by atoms with van der Waals surface area (Å²) >= 11 is 0. The van der Waals surface area contributed by atoms with Crippen LogP contribution in [0.2, 0.25) is 0 Å². The summed E-state index contributed by atoms with van der Waals surface area (Å²) in [4.78, 5) is 0. The zero-order chi connectivity index (χ0) is 13.6. The molecule has 0 bridgehead atoms. The Bertz CT molecular complexity index is 644. The van der Waals surface area contributed by atoms with Crippen LogP contribution in [0.1, 0.15) is 16.7 Å². The molecule has 0 unspecified atom stereocenters. The van der Waals surface area contributed by atoms with E-state index in [-0.39, 0.29) is 24.4 Å². The maximum absolute atomic E-state index is 2.24. The van der Waals surface area contributed by atoms with Crippen LogP contribution in [-0.2, 0) is 0 Å². The Morgan fingerprint density at radius 1 is 0.524 bits per heavy atom. The molecule has 0 saturated heterocycles. The van der Waals surface area contributed by atoms with Gasteiger partial charge in [-0.1, -0.05) is 91.0 Å². The first-order chi connectivity index (χ1) is 9.93. The molecule has 0 nitrogen and oxygen atoms in total. The summed E-state index contributed by atoms with van der Waals surface area (Å²) in [5.74, 6) is 0. The molecule has 0 spiro atoms. The summed E-state index contributed by atoms with van der Waals surface area (Å²) in [6, 6.07) is 31.5. The van der Waals surface area contributed by atoms with Gasteiger partial charge in [0.2, 0.25) is 0 Å². The fourth-order valence-corrected chi connectivity index (χ4v) is 2.28. The third kappa shape index (κ3) is 4.09. The molecule has 3 aromatic rings. The first-order valence-corrected chi connectivity index (χ1v) is 6.81. The molecule has 0 amide bonds. The van der Waals surface area contributed by atoms with Gasteiger partial charge in [-0.05, 0) is 28.3 Å². The van der Waals surface area contributed by atoms with E-state index in [1.165, 1.54) is 22.3 Å². The van der Waals surface area contributed by atoms with E-state index < -0.39 is 0 Å². The summed E-state index contributed by atoms with van der Waals surface area (Å²) in [5, 5.41) is 0. The van der Waals surface area contributed by atoms with Crippen molar-refractivity contribution in [3.8, 4) is 0 Å². The molecule has 3 rings (SSSR count). The zero-order valence-electron chi connectivity index (χ0n) is 11.9. The second-order valence-electron chi connectivity index (χ2n) is 4.70. The van der Waals surface area contributed by atoms with Crippen molar-refractivity contribution in [2.24, 2.45) is 0 Å². The SMILES string of the molecule is C(=C(c1ccccc1)c1ccccc1)c1ccccc1.[SbH3]. The van der Waals surface area contributed by atoms with Gasteiger partial charge in [-0.15, -0.1) is 0 Å². The van der Waals surface area contributed by atoms with E-state index in [4.69, 9.17) is 0 Å². The molecular weight excluding hydrogens is 362 g/mol. The average Bonchev–Trinajstić information content (AvgIpc) is 2.55.